The summed E-state index contributed by atoms with van der Waals surface area (Å²) in [6.45, 7) is 13.8. The fourth-order valence-corrected chi connectivity index (χ4v) is 2.09. The number of rotatable bonds is 9. The fourth-order valence-electron chi connectivity index (χ4n) is 2.09. The Kier molecular flexibility index (Phi) is 8.26. The molecule has 0 unspecified atom stereocenters. The van der Waals surface area contributed by atoms with E-state index in [1.165, 1.54) is 30.7 Å². The molecule has 0 rings (SSSR count). The topological polar surface area (TPSA) is 26.3 Å². The molecule has 0 spiro atoms. The third-order valence-electron chi connectivity index (χ3n) is 3.58. The molecule has 3 nitrogen and oxygen atoms in total. The highest BCUT2D eigenvalue weighted by atomic mass is 16.5. The highest BCUT2D eigenvalue weighted by Gasteiger charge is 2.19. The molecule has 0 aromatic rings. The number of ether oxygens (including phenoxy) is 1. The minimum atomic E-state index is -0.0508. The van der Waals surface area contributed by atoms with Gasteiger partial charge in [-0.05, 0) is 40.5 Å². The molecular weight excluding hydrogens is 202 g/mol. The summed E-state index contributed by atoms with van der Waals surface area (Å²) >= 11 is 0. The second kappa shape index (κ2) is 8.57. The van der Waals surface area contributed by atoms with Gasteiger partial charge in [0.1, 0.15) is 0 Å². The standard InChI is InChI=1S/C13H28NO2/c1-5-14(6-2,7-3)12-10-9-11-13(15)16-8-4/h5-12H2,1-4H3/q+1. The molecule has 0 aliphatic carbocycles. The molecule has 0 amide bonds. The van der Waals surface area contributed by atoms with Gasteiger partial charge in [0.15, 0.2) is 0 Å². The van der Waals surface area contributed by atoms with E-state index in [0.717, 1.165) is 12.8 Å². The van der Waals surface area contributed by atoms with Crippen LogP contribution in [0.4, 0.5) is 0 Å². The van der Waals surface area contributed by atoms with Gasteiger partial charge >= 0.3 is 5.97 Å². The quantitative estimate of drug-likeness (QED) is 0.346. The number of quaternary nitrogens is 1. The normalized spacial score (nSPS) is 11.5. The minimum Gasteiger partial charge on any atom is -0.466 e. The molecule has 96 valence electrons. The minimum absolute atomic E-state index is 0.0508. The van der Waals surface area contributed by atoms with Crippen molar-refractivity contribution in [2.24, 2.45) is 0 Å². The second-order valence-electron chi connectivity index (χ2n) is 4.28. The van der Waals surface area contributed by atoms with Crippen LogP contribution in [0.25, 0.3) is 0 Å². The summed E-state index contributed by atoms with van der Waals surface area (Å²) in [7, 11) is 0. The third kappa shape index (κ3) is 5.50. The largest absolute Gasteiger partial charge is 0.466 e. The Morgan fingerprint density at radius 1 is 1.00 bits per heavy atom. The second-order valence-corrected chi connectivity index (χ2v) is 4.28. The summed E-state index contributed by atoms with van der Waals surface area (Å²) in [5.74, 6) is -0.0508. The van der Waals surface area contributed by atoms with Crippen molar-refractivity contribution < 1.29 is 14.0 Å². The average molecular weight is 230 g/mol. The molecule has 0 aromatic carbocycles. The van der Waals surface area contributed by atoms with Crippen molar-refractivity contribution in [1.29, 1.82) is 0 Å². The van der Waals surface area contributed by atoms with E-state index in [9.17, 15) is 4.79 Å². The number of hydrogen-bond acceptors (Lipinski definition) is 2. The van der Waals surface area contributed by atoms with Gasteiger partial charge in [0.25, 0.3) is 0 Å². The number of nitrogens with zero attached hydrogens (tertiary/aromatic N) is 1. The first kappa shape index (κ1) is 15.4. The molecule has 0 heterocycles. The molecular formula is C13H28NO2+. The van der Waals surface area contributed by atoms with Crippen LogP contribution in [0.3, 0.4) is 0 Å². The van der Waals surface area contributed by atoms with E-state index >= 15 is 0 Å². The lowest BCUT2D eigenvalue weighted by atomic mass is 10.2. The average Bonchev–Trinajstić information content (AvgIpc) is 2.31. The van der Waals surface area contributed by atoms with E-state index < -0.39 is 0 Å². The number of unbranched alkanes of at least 4 members (excludes halogenated alkanes) is 1. The highest BCUT2D eigenvalue weighted by molar-refractivity contribution is 5.69. The molecule has 0 bridgehead atoms. The summed E-state index contributed by atoms with van der Waals surface area (Å²) in [5.41, 5.74) is 0. The Morgan fingerprint density at radius 3 is 2.00 bits per heavy atom. The lowest BCUT2D eigenvalue weighted by Gasteiger charge is -2.35. The molecule has 0 atom stereocenters. The van der Waals surface area contributed by atoms with Crippen molar-refractivity contribution in [2.75, 3.05) is 32.8 Å². The van der Waals surface area contributed by atoms with Gasteiger partial charge in [-0.2, -0.15) is 0 Å². The molecule has 0 aliphatic heterocycles. The molecule has 0 radical (unpaired) electrons. The maximum absolute atomic E-state index is 11.1. The van der Waals surface area contributed by atoms with Crippen molar-refractivity contribution >= 4 is 5.97 Å². The molecule has 3 heteroatoms. The zero-order valence-corrected chi connectivity index (χ0v) is 11.4. The molecule has 0 fully saturated rings. The molecule has 0 aromatic heterocycles. The third-order valence-corrected chi connectivity index (χ3v) is 3.58. The number of carbonyl (C=O) groups is 1. The number of hydrogen-bond donors (Lipinski definition) is 0. The Balaban J connectivity index is 3.74. The summed E-state index contributed by atoms with van der Waals surface area (Å²) in [6.07, 6.45) is 2.65. The van der Waals surface area contributed by atoms with E-state index in [0.29, 0.717) is 13.0 Å². The molecule has 16 heavy (non-hydrogen) atoms. The van der Waals surface area contributed by atoms with Crippen molar-refractivity contribution in [2.45, 2.75) is 47.0 Å². The van der Waals surface area contributed by atoms with E-state index in [1.807, 2.05) is 6.92 Å². The van der Waals surface area contributed by atoms with Gasteiger partial charge in [0.05, 0.1) is 32.8 Å². The zero-order valence-electron chi connectivity index (χ0n) is 11.4. The van der Waals surface area contributed by atoms with Crippen molar-refractivity contribution in [1.82, 2.24) is 0 Å². The summed E-state index contributed by atoms with van der Waals surface area (Å²) < 4.78 is 6.08. The molecule has 0 saturated heterocycles. The van der Waals surface area contributed by atoms with Crippen LogP contribution in [0.2, 0.25) is 0 Å². The Labute approximate surface area is 100 Å². The first-order valence-corrected chi connectivity index (χ1v) is 6.64. The lowest BCUT2D eigenvalue weighted by molar-refractivity contribution is -0.923. The number of carbonyl (C=O) groups excluding carboxylic acids is 1. The summed E-state index contributed by atoms with van der Waals surface area (Å²) in [4.78, 5) is 11.1. The van der Waals surface area contributed by atoms with Crippen LogP contribution in [-0.2, 0) is 9.53 Å². The summed E-state index contributed by atoms with van der Waals surface area (Å²) in [6, 6.07) is 0. The van der Waals surface area contributed by atoms with Crippen molar-refractivity contribution in [3.63, 3.8) is 0 Å². The number of esters is 1. The zero-order chi connectivity index (χ0) is 12.4. The van der Waals surface area contributed by atoms with E-state index in [1.54, 1.807) is 0 Å². The monoisotopic (exact) mass is 230 g/mol. The fraction of sp³-hybridized carbons (Fsp3) is 0.923. The van der Waals surface area contributed by atoms with Crippen LogP contribution in [-0.4, -0.2) is 43.2 Å². The van der Waals surface area contributed by atoms with Gasteiger partial charge in [-0.3, -0.25) is 4.79 Å². The molecule has 0 N–H and O–H groups in total. The summed E-state index contributed by atoms with van der Waals surface area (Å²) in [5, 5.41) is 0. The first-order chi connectivity index (χ1) is 7.64. The Hall–Kier alpha value is -0.570. The van der Waals surface area contributed by atoms with Crippen molar-refractivity contribution in [3.05, 3.63) is 0 Å². The van der Waals surface area contributed by atoms with Gasteiger partial charge in [0.2, 0.25) is 0 Å². The van der Waals surface area contributed by atoms with Crippen LogP contribution in [0, 0.1) is 0 Å². The van der Waals surface area contributed by atoms with Gasteiger partial charge in [0, 0.05) is 6.42 Å². The van der Waals surface area contributed by atoms with E-state index in [2.05, 4.69) is 20.8 Å². The Bertz CT molecular complexity index is 180. The smallest absolute Gasteiger partial charge is 0.305 e. The predicted molar refractivity (Wildman–Crippen MR) is 67.2 cm³/mol. The predicted octanol–water partition coefficient (Wildman–Crippen LogP) is 2.60. The van der Waals surface area contributed by atoms with E-state index in [4.69, 9.17) is 4.74 Å². The molecule has 0 saturated carbocycles. The van der Waals surface area contributed by atoms with Crippen LogP contribution in [0.15, 0.2) is 0 Å². The van der Waals surface area contributed by atoms with Crippen LogP contribution >= 0.6 is 0 Å². The van der Waals surface area contributed by atoms with Gasteiger partial charge < -0.3 is 9.22 Å². The maximum Gasteiger partial charge on any atom is 0.305 e. The first-order valence-electron chi connectivity index (χ1n) is 6.64. The Morgan fingerprint density at radius 2 is 1.56 bits per heavy atom. The van der Waals surface area contributed by atoms with Gasteiger partial charge in [-0.15, -0.1) is 0 Å². The SMILES string of the molecule is CCOC(=O)CCCC[N+](CC)(CC)CC. The highest BCUT2D eigenvalue weighted by Crippen LogP contribution is 2.09. The van der Waals surface area contributed by atoms with Crippen molar-refractivity contribution in [3.8, 4) is 0 Å². The lowest BCUT2D eigenvalue weighted by Crippen LogP contribution is -2.48. The van der Waals surface area contributed by atoms with Crippen LogP contribution < -0.4 is 0 Å². The van der Waals surface area contributed by atoms with E-state index in [-0.39, 0.29) is 5.97 Å². The molecule has 0 aliphatic rings. The van der Waals surface area contributed by atoms with Gasteiger partial charge in [-0.25, -0.2) is 0 Å². The van der Waals surface area contributed by atoms with Gasteiger partial charge in [-0.1, -0.05) is 0 Å². The van der Waals surface area contributed by atoms with Crippen LogP contribution in [0.1, 0.15) is 47.0 Å². The van der Waals surface area contributed by atoms with Crippen LogP contribution in [0.5, 0.6) is 0 Å². The maximum atomic E-state index is 11.1.